The molecule has 0 amide bonds. The molecule has 5 aromatic rings. The van der Waals surface area contributed by atoms with Gasteiger partial charge in [-0.05, 0) is 77.6 Å². The summed E-state index contributed by atoms with van der Waals surface area (Å²) in [6.07, 6.45) is 11.0. The van der Waals surface area contributed by atoms with Gasteiger partial charge in [-0.3, -0.25) is 0 Å². The molecule has 1 aliphatic carbocycles. The zero-order valence-corrected chi connectivity index (χ0v) is 29.8. The van der Waals surface area contributed by atoms with Crippen LogP contribution in [0.3, 0.4) is 0 Å². The second-order valence-corrected chi connectivity index (χ2v) is 15.4. The largest absolute Gasteiger partial charge is 0.378 e. The molecule has 2 aliphatic heterocycles. The number of halogens is 1. The topological polar surface area (TPSA) is 11.0 Å². The molecule has 0 N–H and O–H groups in total. The lowest BCUT2D eigenvalue weighted by Gasteiger charge is -2.42. The summed E-state index contributed by atoms with van der Waals surface area (Å²) in [4.78, 5) is 2.19. The van der Waals surface area contributed by atoms with Crippen LogP contribution in [0.2, 0.25) is 0 Å². The molecule has 3 aliphatic rings. The van der Waals surface area contributed by atoms with Gasteiger partial charge in [0.25, 0.3) is 0 Å². The summed E-state index contributed by atoms with van der Waals surface area (Å²) >= 11 is 0. The number of aryl methyl sites for hydroxylation is 1. The maximum Gasteiger partial charge on any atom is 0.221 e. The quantitative estimate of drug-likeness (QED) is 0.162. The van der Waals surface area contributed by atoms with Crippen LogP contribution in [0.25, 0.3) is 33.3 Å². The summed E-state index contributed by atoms with van der Waals surface area (Å²) in [6.45, 7) is 12.4. The predicted molar refractivity (Wildman–Crippen MR) is 195 cm³/mol. The Morgan fingerprint density at radius 1 is 0.896 bits per heavy atom. The Morgan fingerprint density at radius 2 is 1.69 bits per heavy atom. The van der Waals surface area contributed by atoms with E-state index in [1.165, 1.54) is 74.1 Å². The van der Waals surface area contributed by atoms with Gasteiger partial charge in [-0.1, -0.05) is 65.3 Å². The van der Waals surface area contributed by atoms with E-state index in [9.17, 15) is 0 Å². The van der Waals surface area contributed by atoms with Gasteiger partial charge in [0.1, 0.15) is 5.82 Å². The highest BCUT2D eigenvalue weighted by Gasteiger charge is 2.55. The molecule has 0 fully saturated rings. The minimum absolute atomic E-state index is 0.0782. The van der Waals surface area contributed by atoms with E-state index in [1.54, 1.807) is 6.07 Å². The normalized spacial score (nSPS) is 19.4. The average Bonchev–Trinajstić information content (AvgIpc) is 3.21. The zero-order chi connectivity index (χ0) is 33.5. The predicted octanol–water partition coefficient (Wildman–Crippen LogP) is 9.42. The number of fused-ring (bicyclic) bond motifs is 3. The van der Waals surface area contributed by atoms with Gasteiger partial charge in [0, 0.05) is 60.8 Å². The lowest BCUT2D eigenvalue weighted by molar-refractivity contribution is -0.748. The highest BCUT2D eigenvalue weighted by atomic mass is 19.1. The van der Waals surface area contributed by atoms with Crippen LogP contribution in [0, 0.1) is 11.7 Å². The summed E-state index contributed by atoms with van der Waals surface area (Å²) in [7, 11) is 4.24. The van der Waals surface area contributed by atoms with E-state index in [0.29, 0.717) is 0 Å². The average molecular weight is 640 g/mol. The van der Waals surface area contributed by atoms with Crippen LogP contribution in [0.15, 0.2) is 79.1 Å². The molecule has 0 saturated carbocycles. The Bertz CT molecular complexity index is 2090. The Hall–Kier alpha value is -4.05. The standard InChI is InChI=1S/C44H50FN3/c1-8-11-14-28-17-19-33-39-31(28)22-24-47-27-35(38-25-29-16-18-30(46(6)7)26-32(29)37-15-12-13-23-48(37)38)44(9-2,10-3)34-20-21-36(45)41(43(33,4)5)40(34)42(39)47/h12-13,15-24,26,35,38H,8-11,14,25,27H2,1-7H3/q+2. The first-order valence-corrected chi connectivity index (χ1v) is 18.3. The Kier molecular flexibility index (Phi) is 7.32. The van der Waals surface area contributed by atoms with Crippen molar-refractivity contribution in [1.29, 1.82) is 0 Å². The van der Waals surface area contributed by atoms with E-state index in [1.807, 2.05) is 0 Å². The van der Waals surface area contributed by atoms with E-state index >= 15 is 4.39 Å². The first kappa shape index (κ1) is 31.2. The summed E-state index contributed by atoms with van der Waals surface area (Å²) < 4.78 is 21.6. The second kappa shape index (κ2) is 11.3. The van der Waals surface area contributed by atoms with Crippen molar-refractivity contribution in [3.63, 3.8) is 0 Å². The first-order chi connectivity index (χ1) is 23.2. The lowest BCUT2D eigenvalue weighted by atomic mass is 9.60. The van der Waals surface area contributed by atoms with Crippen LogP contribution >= 0.6 is 0 Å². The Morgan fingerprint density at radius 3 is 2.44 bits per heavy atom. The molecule has 4 heteroatoms. The number of hydrogen-bond acceptors (Lipinski definition) is 1. The van der Waals surface area contributed by atoms with Crippen molar-refractivity contribution in [1.82, 2.24) is 0 Å². The second-order valence-electron chi connectivity index (χ2n) is 15.4. The molecule has 0 radical (unpaired) electrons. The highest BCUT2D eigenvalue weighted by molar-refractivity contribution is 6.02. The number of pyridine rings is 2. The molecule has 3 aromatic carbocycles. The number of rotatable bonds is 7. The molecular weight excluding hydrogens is 590 g/mol. The maximum atomic E-state index is 16.5. The van der Waals surface area contributed by atoms with Crippen LogP contribution in [0.5, 0.6) is 0 Å². The number of nitrogens with zero attached hydrogens (tertiary/aromatic N) is 3. The number of unbranched alkanes of at least 4 members (excludes halogenated alkanes) is 1. The molecule has 2 unspecified atom stereocenters. The van der Waals surface area contributed by atoms with E-state index in [2.05, 4.69) is 136 Å². The molecule has 4 heterocycles. The SMILES string of the molecule is CCCCc1ccc2c3c4[n+](ccc13)CC(C1Cc3ccc(N(C)C)cc3-c3cccc[n+]31)C(CC)(CC)c1ccc(F)c(c1-4)C2(C)C. The summed E-state index contributed by atoms with van der Waals surface area (Å²) in [5.74, 6) is 0.208. The van der Waals surface area contributed by atoms with Crippen LogP contribution in [0.1, 0.15) is 94.2 Å². The first-order valence-electron chi connectivity index (χ1n) is 18.3. The highest BCUT2D eigenvalue weighted by Crippen LogP contribution is 2.57. The monoisotopic (exact) mass is 639 g/mol. The smallest absolute Gasteiger partial charge is 0.221 e. The number of benzene rings is 3. The third-order valence-corrected chi connectivity index (χ3v) is 12.7. The van der Waals surface area contributed by atoms with E-state index in [-0.39, 0.29) is 23.2 Å². The minimum Gasteiger partial charge on any atom is -0.378 e. The molecule has 3 nitrogen and oxygen atoms in total. The van der Waals surface area contributed by atoms with Gasteiger partial charge in [-0.25, -0.2) is 4.39 Å². The van der Waals surface area contributed by atoms with Gasteiger partial charge in [-0.15, -0.1) is 0 Å². The number of anilines is 1. The molecule has 246 valence electrons. The molecule has 0 spiro atoms. The van der Waals surface area contributed by atoms with Crippen molar-refractivity contribution in [2.45, 2.75) is 96.6 Å². The van der Waals surface area contributed by atoms with Crippen LogP contribution < -0.4 is 14.0 Å². The van der Waals surface area contributed by atoms with Crippen molar-refractivity contribution in [2.75, 3.05) is 19.0 Å². The molecule has 2 atom stereocenters. The molecule has 2 aromatic heterocycles. The van der Waals surface area contributed by atoms with Crippen LogP contribution in [-0.2, 0) is 30.2 Å². The third-order valence-electron chi connectivity index (χ3n) is 12.7. The number of aromatic nitrogens is 2. The van der Waals surface area contributed by atoms with Gasteiger partial charge in [-0.2, -0.15) is 9.13 Å². The van der Waals surface area contributed by atoms with Crippen molar-refractivity contribution in [3.8, 4) is 22.5 Å². The van der Waals surface area contributed by atoms with Gasteiger partial charge in [0.15, 0.2) is 25.0 Å². The summed E-state index contributed by atoms with van der Waals surface area (Å²) in [5.41, 5.74) is 12.0. The fourth-order valence-electron chi connectivity index (χ4n) is 10.1. The summed E-state index contributed by atoms with van der Waals surface area (Å²) in [6, 6.07) is 24.9. The van der Waals surface area contributed by atoms with Gasteiger partial charge >= 0.3 is 0 Å². The fourth-order valence-corrected chi connectivity index (χ4v) is 10.1. The lowest BCUT2D eigenvalue weighted by Crippen LogP contribution is -2.57. The molecular formula is C44H50FN3+2. The van der Waals surface area contributed by atoms with Crippen molar-refractivity contribution in [3.05, 3.63) is 113 Å². The Balaban J connectivity index is 1.43. The molecule has 48 heavy (non-hydrogen) atoms. The van der Waals surface area contributed by atoms with E-state index in [0.717, 1.165) is 37.8 Å². The van der Waals surface area contributed by atoms with Crippen LogP contribution in [-0.4, -0.2) is 14.1 Å². The van der Waals surface area contributed by atoms with Crippen molar-refractivity contribution in [2.24, 2.45) is 5.92 Å². The van der Waals surface area contributed by atoms with Crippen molar-refractivity contribution >= 4 is 16.5 Å². The summed E-state index contributed by atoms with van der Waals surface area (Å²) in [5, 5.41) is 2.69. The molecule has 0 saturated heterocycles. The minimum atomic E-state index is -0.453. The van der Waals surface area contributed by atoms with E-state index in [4.69, 9.17) is 0 Å². The van der Waals surface area contributed by atoms with Gasteiger partial charge in [0.05, 0.1) is 22.4 Å². The zero-order valence-electron chi connectivity index (χ0n) is 29.8. The maximum absolute atomic E-state index is 16.5. The molecule has 8 rings (SSSR count). The third kappa shape index (κ3) is 4.23. The van der Waals surface area contributed by atoms with E-state index < -0.39 is 5.41 Å². The van der Waals surface area contributed by atoms with Gasteiger partial charge in [0.2, 0.25) is 11.4 Å². The number of hydrogen-bond donors (Lipinski definition) is 0. The molecule has 0 bridgehead atoms. The fraction of sp³-hybridized carbons (Fsp3) is 0.409. The van der Waals surface area contributed by atoms with Crippen LogP contribution in [0.4, 0.5) is 10.1 Å². The van der Waals surface area contributed by atoms with Gasteiger partial charge < -0.3 is 4.90 Å². The van der Waals surface area contributed by atoms with Crippen molar-refractivity contribution < 1.29 is 13.5 Å². The Labute approximate surface area is 286 Å².